The van der Waals surface area contributed by atoms with Crippen LogP contribution in [0, 0.1) is 5.82 Å². The number of halogens is 1. The number of amides is 1. The number of aromatic nitrogens is 2. The first-order chi connectivity index (χ1) is 13.4. The zero-order valence-electron chi connectivity index (χ0n) is 15.6. The Labute approximate surface area is 160 Å². The molecule has 8 heteroatoms. The van der Waals surface area contributed by atoms with E-state index in [0.717, 1.165) is 10.2 Å². The van der Waals surface area contributed by atoms with Crippen molar-refractivity contribution in [2.75, 3.05) is 20.6 Å². The minimum atomic E-state index is -0.445. The van der Waals surface area contributed by atoms with Crippen LogP contribution in [0.1, 0.15) is 11.6 Å². The van der Waals surface area contributed by atoms with E-state index in [1.54, 1.807) is 36.4 Å². The summed E-state index contributed by atoms with van der Waals surface area (Å²) in [6.45, 7) is -0.0932. The van der Waals surface area contributed by atoms with E-state index in [-0.39, 0.29) is 35.7 Å². The maximum absolute atomic E-state index is 13.5. The molecule has 1 unspecified atom stereocenters. The van der Waals surface area contributed by atoms with Crippen molar-refractivity contribution in [1.82, 2.24) is 20.0 Å². The highest BCUT2D eigenvalue weighted by atomic mass is 19.1. The standard InChI is InChI=1S/C20H21FN4O3/c1-24(2)17(13-6-5-7-14(21)10-13)11-22-18(26)12-25-20(28)16-9-4-3-8-15(16)19(27)23-25/h3-10,17H,11-12H2,1-2H3,(H,22,26)(H,23,27). The molecule has 28 heavy (non-hydrogen) atoms. The number of aromatic amines is 1. The molecule has 0 saturated carbocycles. The lowest BCUT2D eigenvalue weighted by Crippen LogP contribution is -2.39. The minimum absolute atomic E-state index is 0.224. The van der Waals surface area contributed by atoms with Crippen LogP contribution in [-0.4, -0.2) is 41.2 Å². The third-order valence-electron chi connectivity index (χ3n) is 4.53. The zero-order valence-corrected chi connectivity index (χ0v) is 15.6. The second-order valence-corrected chi connectivity index (χ2v) is 6.72. The van der Waals surface area contributed by atoms with Gasteiger partial charge in [0.2, 0.25) is 5.91 Å². The maximum atomic E-state index is 13.5. The summed E-state index contributed by atoms with van der Waals surface area (Å²) in [4.78, 5) is 38.8. The molecule has 1 heterocycles. The minimum Gasteiger partial charge on any atom is -0.353 e. The molecule has 0 aliphatic carbocycles. The van der Waals surface area contributed by atoms with Crippen molar-refractivity contribution >= 4 is 16.7 Å². The Balaban J connectivity index is 1.75. The van der Waals surface area contributed by atoms with Gasteiger partial charge in [0.25, 0.3) is 11.1 Å². The summed E-state index contributed by atoms with van der Waals surface area (Å²) in [5, 5.41) is 5.70. The van der Waals surface area contributed by atoms with Gasteiger partial charge in [-0.15, -0.1) is 0 Å². The molecule has 1 aromatic heterocycles. The van der Waals surface area contributed by atoms with Crippen LogP contribution in [-0.2, 0) is 11.3 Å². The molecule has 0 spiro atoms. The molecule has 0 bridgehead atoms. The number of nitrogens with one attached hydrogen (secondary N) is 2. The molecule has 0 aliphatic heterocycles. The normalized spacial score (nSPS) is 12.3. The summed E-state index contributed by atoms with van der Waals surface area (Å²) in [5.41, 5.74) is -0.157. The SMILES string of the molecule is CN(C)C(CNC(=O)Cn1[nH]c(=O)c2ccccc2c1=O)c1cccc(F)c1. The van der Waals surface area contributed by atoms with Crippen LogP contribution in [0.25, 0.3) is 10.8 Å². The van der Waals surface area contributed by atoms with Crippen molar-refractivity contribution in [3.05, 3.63) is 80.6 Å². The van der Waals surface area contributed by atoms with E-state index in [1.807, 2.05) is 19.0 Å². The second-order valence-electron chi connectivity index (χ2n) is 6.72. The van der Waals surface area contributed by atoms with Crippen molar-refractivity contribution in [1.29, 1.82) is 0 Å². The Kier molecular flexibility index (Phi) is 5.70. The van der Waals surface area contributed by atoms with E-state index >= 15 is 0 Å². The number of carbonyl (C=O) groups is 1. The Hall–Kier alpha value is -3.26. The number of fused-ring (bicyclic) bond motifs is 1. The van der Waals surface area contributed by atoms with Crippen LogP contribution >= 0.6 is 0 Å². The first kappa shape index (κ1) is 19.5. The number of rotatable bonds is 6. The molecule has 0 saturated heterocycles. The molecule has 146 valence electrons. The van der Waals surface area contributed by atoms with Crippen molar-refractivity contribution < 1.29 is 9.18 Å². The average molecular weight is 384 g/mol. The van der Waals surface area contributed by atoms with Gasteiger partial charge < -0.3 is 10.2 Å². The van der Waals surface area contributed by atoms with Crippen LogP contribution in [0.3, 0.4) is 0 Å². The van der Waals surface area contributed by atoms with Crippen LogP contribution in [0.5, 0.6) is 0 Å². The van der Waals surface area contributed by atoms with E-state index in [2.05, 4.69) is 10.4 Å². The average Bonchev–Trinajstić information content (AvgIpc) is 2.66. The van der Waals surface area contributed by atoms with E-state index in [1.165, 1.54) is 12.1 Å². The maximum Gasteiger partial charge on any atom is 0.273 e. The van der Waals surface area contributed by atoms with Crippen molar-refractivity contribution in [2.24, 2.45) is 0 Å². The molecular formula is C20H21FN4O3. The van der Waals surface area contributed by atoms with E-state index < -0.39 is 17.0 Å². The number of nitrogens with zero attached hydrogens (tertiary/aromatic N) is 2. The number of hydrogen-bond donors (Lipinski definition) is 2. The summed E-state index contributed by atoms with van der Waals surface area (Å²) in [7, 11) is 3.65. The van der Waals surface area contributed by atoms with Gasteiger partial charge in [-0.25, -0.2) is 9.07 Å². The van der Waals surface area contributed by atoms with Crippen molar-refractivity contribution in [2.45, 2.75) is 12.6 Å². The second kappa shape index (κ2) is 8.18. The number of carbonyl (C=O) groups excluding carboxylic acids is 1. The van der Waals surface area contributed by atoms with E-state index in [4.69, 9.17) is 0 Å². The highest BCUT2D eigenvalue weighted by Crippen LogP contribution is 2.18. The van der Waals surface area contributed by atoms with Crippen LogP contribution < -0.4 is 16.4 Å². The van der Waals surface area contributed by atoms with Crippen molar-refractivity contribution in [3.63, 3.8) is 0 Å². The summed E-state index contributed by atoms with van der Waals surface area (Å²) in [5.74, 6) is -0.785. The lowest BCUT2D eigenvalue weighted by molar-refractivity contribution is -0.122. The summed E-state index contributed by atoms with van der Waals surface area (Å²) >= 11 is 0. The fourth-order valence-electron chi connectivity index (χ4n) is 3.08. The molecule has 3 rings (SSSR count). The molecule has 3 aromatic rings. The van der Waals surface area contributed by atoms with Gasteiger partial charge in [0.15, 0.2) is 0 Å². The Morgan fingerprint density at radius 2 is 1.86 bits per heavy atom. The predicted octanol–water partition coefficient (Wildman–Crippen LogP) is 1.25. The number of H-pyrrole nitrogens is 1. The molecule has 0 radical (unpaired) electrons. The fraction of sp³-hybridized carbons (Fsp3) is 0.250. The van der Waals surface area contributed by atoms with Gasteiger partial charge in [-0.05, 0) is 43.9 Å². The lowest BCUT2D eigenvalue weighted by atomic mass is 10.1. The largest absolute Gasteiger partial charge is 0.353 e. The Morgan fingerprint density at radius 1 is 1.14 bits per heavy atom. The lowest BCUT2D eigenvalue weighted by Gasteiger charge is -2.25. The molecule has 2 aromatic carbocycles. The smallest absolute Gasteiger partial charge is 0.273 e. The highest BCUT2D eigenvalue weighted by Gasteiger charge is 2.17. The summed E-state index contributed by atoms with van der Waals surface area (Å²) in [6.07, 6.45) is 0. The Bertz CT molecular complexity index is 1120. The van der Waals surface area contributed by atoms with Gasteiger partial charge >= 0.3 is 0 Å². The van der Waals surface area contributed by atoms with Gasteiger partial charge in [0.05, 0.1) is 16.8 Å². The first-order valence-electron chi connectivity index (χ1n) is 8.77. The van der Waals surface area contributed by atoms with E-state index in [0.29, 0.717) is 0 Å². The quantitative estimate of drug-likeness (QED) is 0.670. The topological polar surface area (TPSA) is 87.2 Å². The molecule has 7 nitrogen and oxygen atoms in total. The van der Waals surface area contributed by atoms with E-state index in [9.17, 15) is 18.8 Å². The van der Waals surface area contributed by atoms with Gasteiger partial charge in [-0.2, -0.15) is 0 Å². The number of likely N-dealkylation sites (N-methyl/N-ethyl adjacent to an activating group) is 1. The third kappa shape index (κ3) is 4.17. The first-order valence-corrected chi connectivity index (χ1v) is 8.77. The van der Waals surface area contributed by atoms with Gasteiger partial charge in [0, 0.05) is 6.54 Å². The predicted molar refractivity (Wildman–Crippen MR) is 105 cm³/mol. The van der Waals surface area contributed by atoms with Gasteiger partial charge in [-0.1, -0.05) is 24.3 Å². The fourth-order valence-corrected chi connectivity index (χ4v) is 3.08. The molecule has 2 N–H and O–H groups in total. The highest BCUT2D eigenvalue weighted by molar-refractivity contribution is 5.81. The van der Waals surface area contributed by atoms with Gasteiger partial charge in [0.1, 0.15) is 12.4 Å². The summed E-state index contributed by atoms with van der Waals surface area (Å²) in [6, 6.07) is 12.4. The Morgan fingerprint density at radius 3 is 2.54 bits per heavy atom. The van der Waals surface area contributed by atoms with Crippen LogP contribution in [0.15, 0.2) is 58.1 Å². The van der Waals surface area contributed by atoms with Crippen LogP contribution in [0.4, 0.5) is 4.39 Å². The van der Waals surface area contributed by atoms with Crippen LogP contribution in [0.2, 0.25) is 0 Å². The third-order valence-corrected chi connectivity index (χ3v) is 4.53. The molecular weight excluding hydrogens is 363 g/mol. The summed E-state index contributed by atoms with van der Waals surface area (Å²) < 4.78 is 14.5. The van der Waals surface area contributed by atoms with Gasteiger partial charge in [-0.3, -0.25) is 19.5 Å². The molecule has 1 atom stereocenters. The molecule has 1 amide bonds. The monoisotopic (exact) mass is 384 g/mol. The molecule has 0 aliphatic rings. The zero-order chi connectivity index (χ0) is 20.3. The van der Waals surface area contributed by atoms with Crippen molar-refractivity contribution in [3.8, 4) is 0 Å². The molecule has 0 fully saturated rings. The number of benzene rings is 2. The number of hydrogen-bond acceptors (Lipinski definition) is 4.